The van der Waals surface area contributed by atoms with Crippen molar-refractivity contribution < 1.29 is 19.9 Å². The van der Waals surface area contributed by atoms with Crippen LogP contribution < -0.4 is 10.5 Å². The summed E-state index contributed by atoms with van der Waals surface area (Å²) in [6, 6.07) is 2.46. The number of rotatable bonds is 5. The molecule has 0 fully saturated rings. The van der Waals surface area contributed by atoms with Gasteiger partial charge < -0.3 is 20.7 Å². The van der Waals surface area contributed by atoms with Gasteiger partial charge in [0.05, 0.1) is 18.1 Å². The number of aliphatic hydroxyl groups is 1. The second-order valence-electron chi connectivity index (χ2n) is 3.44. The third-order valence-electron chi connectivity index (χ3n) is 2.32. The van der Waals surface area contributed by atoms with E-state index < -0.39 is 22.5 Å². The molecule has 0 bridgehead atoms. The van der Waals surface area contributed by atoms with E-state index in [0.717, 1.165) is 6.07 Å². The minimum absolute atomic E-state index is 0.0507. The van der Waals surface area contributed by atoms with Crippen LogP contribution in [0.25, 0.3) is 0 Å². The predicted molar refractivity (Wildman–Crippen MR) is 59.9 cm³/mol. The van der Waals surface area contributed by atoms with Crippen molar-refractivity contribution in [3.63, 3.8) is 0 Å². The minimum atomic E-state index is -0.923. The first kappa shape index (κ1) is 13.2. The van der Waals surface area contributed by atoms with Gasteiger partial charge in [0.2, 0.25) is 5.75 Å². The molecule has 1 aromatic rings. The van der Waals surface area contributed by atoms with Crippen LogP contribution in [-0.4, -0.2) is 28.8 Å². The molecule has 0 unspecified atom stereocenters. The van der Waals surface area contributed by atoms with Crippen molar-refractivity contribution in [1.82, 2.24) is 0 Å². The fourth-order valence-corrected chi connectivity index (χ4v) is 1.43. The molecular weight excluding hydrogens is 228 g/mol. The lowest BCUT2D eigenvalue weighted by atomic mass is 10.0. The Morgan fingerprint density at radius 1 is 1.59 bits per heavy atom. The van der Waals surface area contributed by atoms with Crippen LogP contribution in [0.1, 0.15) is 18.1 Å². The van der Waals surface area contributed by atoms with Gasteiger partial charge in [-0.1, -0.05) is 0 Å². The van der Waals surface area contributed by atoms with E-state index in [1.807, 2.05) is 0 Å². The number of hydrogen-bond acceptors (Lipinski definition) is 6. The number of benzene rings is 1. The Morgan fingerprint density at radius 3 is 2.71 bits per heavy atom. The highest BCUT2D eigenvalue weighted by molar-refractivity contribution is 5.57. The number of hydrogen-bond donors (Lipinski definition) is 3. The number of ether oxygens (including phenoxy) is 1. The lowest BCUT2D eigenvalue weighted by Crippen LogP contribution is -2.07. The Bertz CT molecular complexity index is 421. The number of nitrogens with two attached hydrogens (primary N) is 1. The molecule has 0 radical (unpaired) electrons. The second-order valence-corrected chi connectivity index (χ2v) is 3.44. The van der Waals surface area contributed by atoms with Crippen molar-refractivity contribution in [1.29, 1.82) is 0 Å². The molecule has 0 saturated carbocycles. The Kier molecular flexibility index (Phi) is 4.24. The summed E-state index contributed by atoms with van der Waals surface area (Å²) in [4.78, 5) is 9.97. The van der Waals surface area contributed by atoms with Gasteiger partial charge in [-0.05, 0) is 24.6 Å². The van der Waals surface area contributed by atoms with Crippen molar-refractivity contribution in [3.05, 3.63) is 27.8 Å². The van der Waals surface area contributed by atoms with Crippen molar-refractivity contribution in [3.8, 4) is 11.5 Å². The first-order valence-electron chi connectivity index (χ1n) is 4.94. The van der Waals surface area contributed by atoms with E-state index in [4.69, 9.17) is 10.5 Å². The zero-order valence-corrected chi connectivity index (χ0v) is 9.29. The van der Waals surface area contributed by atoms with E-state index in [1.165, 1.54) is 13.2 Å². The molecule has 0 aliphatic carbocycles. The van der Waals surface area contributed by atoms with Crippen molar-refractivity contribution in [2.75, 3.05) is 13.7 Å². The van der Waals surface area contributed by atoms with Gasteiger partial charge in [0.1, 0.15) is 0 Å². The van der Waals surface area contributed by atoms with Gasteiger partial charge in [-0.25, -0.2) is 0 Å². The van der Waals surface area contributed by atoms with Crippen LogP contribution in [-0.2, 0) is 0 Å². The van der Waals surface area contributed by atoms with E-state index in [9.17, 15) is 20.3 Å². The summed E-state index contributed by atoms with van der Waals surface area (Å²) in [5.41, 5.74) is 5.08. The molecule has 0 aliphatic heterocycles. The van der Waals surface area contributed by atoms with E-state index in [2.05, 4.69) is 0 Å². The Morgan fingerprint density at radius 2 is 2.24 bits per heavy atom. The number of aromatic hydroxyl groups is 1. The second kappa shape index (κ2) is 5.46. The molecule has 1 rings (SSSR count). The highest BCUT2D eigenvalue weighted by Crippen LogP contribution is 2.38. The predicted octanol–water partition coefficient (Wildman–Crippen LogP) is 0.691. The molecule has 0 spiro atoms. The number of phenolic OH excluding ortho intramolecular Hbond substituents is 1. The summed E-state index contributed by atoms with van der Waals surface area (Å²) < 4.78 is 4.81. The third-order valence-corrected chi connectivity index (χ3v) is 2.32. The normalized spacial score (nSPS) is 12.2. The monoisotopic (exact) mass is 242 g/mol. The molecule has 7 nitrogen and oxygen atoms in total. The lowest BCUT2D eigenvalue weighted by Gasteiger charge is -2.12. The zero-order chi connectivity index (χ0) is 13.0. The molecule has 7 heteroatoms. The van der Waals surface area contributed by atoms with Gasteiger partial charge >= 0.3 is 5.69 Å². The molecule has 94 valence electrons. The van der Waals surface area contributed by atoms with Crippen LogP contribution in [0.15, 0.2) is 12.1 Å². The van der Waals surface area contributed by atoms with Crippen LogP contribution in [0.5, 0.6) is 11.5 Å². The maximum Gasteiger partial charge on any atom is 0.315 e. The van der Waals surface area contributed by atoms with E-state index in [-0.39, 0.29) is 24.3 Å². The van der Waals surface area contributed by atoms with Gasteiger partial charge in [0, 0.05) is 6.07 Å². The average Bonchev–Trinajstić information content (AvgIpc) is 2.29. The molecule has 0 saturated heterocycles. The summed E-state index contributed by atoms with van der Waals surface area (Å²) >= 11 is 0. The van der Waals surface area contributed by atoms with E-state index in [1.54, 1.807) is 0 Å². The molecule has 0 aromatic heterocycles. The summed E-state index contributed by atoms with van der Waals surface area (Å²) in [6.45, 7) is 0.248. The summed E-state index contributed by atoms with van der Waals surface area (Å²) in [5, 5.41) is 29.9. The van der Waals surface area contributed by atoms with Crippen LogP contribution in [0.3, 0.4) is 0 Å². The van der Waals surface area contributed by atoms with Gasteiger partial charge in [-0.15, -0.1) is 0 Å². The number of aliphatic hydroxyl groups excluding tert-OH is 1. The number of phenols is 1. The smallest absolute Gasteiger partial charge is 0.315 e. The number of nitrogens with zero attached hydrogens (tertiary/aromatic N) is 1. The van der Waals surface area contributed by atoms with Gasteiger partial charge in [-0.2, -0.15) is 0 Å². The zero-order valence-electron chi connectivity index (χ0n) is 9.29. The minimum Gasteiger partial charge on any atom is -0.500 e. The number of nitro groups is 1. The maximum absolute atomic E-state index is 10.7. The molecule has 0 heterocycles. The third kappa shape index (κ3) is 2.83. The summed E-state index contributed by atoms with van der Waals surface area (Å²) in [5.74, 6) is -0.605. The molecule has 0 aliphatic rings. The number of nitro benzene ring substituents is 1. The molecular formula is C10H14N2O5. The van der Waals surface area contributed by atoms with Crippen molar-refractivity contribution in [2.24, 2.45) is 5.73 Å². The first-order chi connectivity index (χ1) is 8.01. The van der Waals surface area contributed by atoms with Crippen LogP contribution in [0.4, 0.5) is 5.69 Å². The highest BCUT2D eigenvalue weighted by Gasteiger charge is 2.22. The SMILES string of the molecule is COc1cc([C@H](O)CCN)cc([N+](=O)[O-])c1O. The standard InChI is InChI=1S/C10H14N2O5/c1-17-9-5-6(8(13)2-3-11)4-7(10(9)14)12(15)16/h4-5,8,13-14H,2-3,11H2,1H3/t8-/m1/s1. The molecule has 0 amide bonds. The van der Waals surface area contributed by atoms with Gasteiger partial charge in [-0.3, -0.25) is 10.1 Å². The largest absolute Gasteiger partial charge is 0.500 e. The molecule has 17 heavy (non-hydrogen) atoms. The van der Waals surface area contributed by atoms with Gasteiger partial charge in [0.15, 0.2) is 5.75 Å². The highest BCUT2D eigenvalue weighted by atomic mass is 16.6. The lowest BCUT2D eigenvalue weighted by molar-refractivity contribution is -0.386. The van der Waals surface area contributed by atoms with Gasteiger partial charge in [0.25, 0.3) is 0 Å². The fraction of sp³-hybridized carbons (Fsp3) is 0.400. The van der Waals surface area contributed by atoms with Crippen LogP contribution in [0, 0.1) is 10.1 Å². The quantitative estimate of drug-likeness (QED) is 0.516. The number of methoxy groups -OCH3 is 1. The average molecular weight is 242 g/mol. The van der Waals surface area contributed by atoms with Crippen LogP contribution >= 0.6 is 0 Å². The maximum atomic E-state index is 10.7. The van der Waals surface area contributed by atoms with E-state index >= 15 is 0 Å². The first-order valence-corrected chi connectivity index (χ1v) is 4.94. The summed E-state index contributed by atoms with van der Waals surface area (Å²) in [7, 11) is 1.28. The molecule has 1 atom stereocenters. The summed E-state index contributed by atoms with van der Waals surface area (Å²) in [6.07, 6.45) is -0.654. The van der Waals surface area contributed by atoms with Crippen molar-refractivity contribution >= 4 is 5.69 Å². The van der Waals surface area contributed by atoms with Crippen molar-refractivity contribution in [2.45, 2.75) is 12.5 Å². The Labute approximate surface area is 97.6 Å². The molecule has 4 N–H and O–H groups in total. The Hall–Kier alpha value is -1.86. The molecule has 1 aromatic carbocycles. The van der Waals surface area contributed by atoms with E-state index in [0.29, 0.717) is 0 Å². The Balaban J connectivity index is 3.24. The van der Waals surface area contributed by atoms with Crippen LogP contribution in [0.2, 0.25) is 0 Å². The topological polar surface area (TPSA) is 119 Å². The fourth-order valence-electron chi connectivity index (χ4n) is 1.43.